The smallest absolute Gasteiger partial charge is 0.120 e. The fourth-order valence-corrected chi connectivity index (χ4v) is 1.26. The Balaban J connectivity index is 0.000000280. The van der Waals surface area contributed by atoms with Crippen LogP contribution in [0.5, 0.6) is 0 Å². The molecule has 0 saturated heterocycles. The van der Waals surface area contributed by atoms with Gasteiger partial charge in [-0.3, -0.25) is 0 Å². The molecule has 0 aliphatic rings. The molecule has 2 aromatic rings. The van der Waals surface area contributed by atoms with Crippen molar-refractivity contribution in [3.8, 4) is 11.1 Å². The van der Waals surface area contributed by atoms with Gasteiger partial charge in [-0.05, 0) is 11.1 Å². The zero-order valence-corrected chi connectivity index (χ0v) is 10.0. The number of hydrogen-bond acceptors (Lipinski definition) is 1. The largest absolute Gasteiger partial charge is 0.369 e. The van der Waals surface area contributed by atoms with Gasteiger partial charge < -0.3 is 4.74 Å². The molecule has 0 unspecified atom stereocenters. The molecule has 0 radical (unpaired) electrons. The normalized spacial score (nSPS) is 9.12. The van der Waals surface area contributed by atoms with Crippen molar-refractivity contribution in [3.63, 3.8) is 0 Å². The number of methoxy groups -OCH3 is 1. The molecule has 0 fully saturated rings. The van der Waals surface area contributed by atoms with Gasteiger partial charge in [0.1, 0.15) is 6.07 Å². The Bertz CT molecular complexity index is 333. The summed E-state index contributed by atoms with van der Waals surface area (Å²) in [5.41, 5.74) is 2.55. The molecule has 2 heteroatoms. The van der Waals surface area contributed by atoms with Crippen molar-refractivity contribution in [2.24, 2.45) is 0 Å². The number of hydrogen-bond donors (Lipinski definition) is 0. The molecule has 16 heavy (non-hydrogen) atoms. The summed E-state index contributed by atoms with van der Waals surface area (Å²) in [7, 11) is 1.55. The molecule has 2 rings (SSSR count). The second kappa shape index (κ2) is 7.91. The third-order valence-electron chi connectivity index (χ3n) is 1.99. The van der Waals surface area contributed by atoms with Gasteiger partial charge in [-0.25, -0.2) is 0 Å². The summed E-state index contributed by atoms with van der Waals surface area (Å²) in [6.45, 7) is 0. The first-order valence-electron chi connectivity index (χ1n) is 5.04. The first-order chi connectivity index (χ1) is 7.88. The number of alkyl halides is 1. The zero-order chi connectivity index (χ0) is 11.6. The van der Waals surface area contributed by atoms with Gasteiger partial charge in [0.15, 0.2) is 0 Å². The Morgan fingerprint density at radius 1 is 0.812 bits per heavy atom. The monoisotopic (exact) mass is 234 g/mol. The van der Waals surface area contributed by atoms with Crippen molar-refractivity contribution in [1.82, 2.24) is 0 Å². The van der Waals surface area contributed by atoms with Gasteiger partial charge in [-0.1, -0.05) is 72.3 Å². The zero-order valence-electron chi connectivity index (χ0n) is 9.27. The highest BCUT2D eigenvalue weighted by Crippen LogP contribution is 2.17. The molecular formula is C14H15ClO. The lowest BCUT2D eigenvalue weighted by atomic mass is 10.1. The second-order valence-corrected chi connectivity index (χ2v) is 3.35. The van der Waals surface area contributed by atoms with Gasteiger partial charge >= 0.3 is 0 Å². The number of benzene rings is 2. The van der Waals surface area contributed by atoms with Crippen molar-refractivity contribution >= 4 is 11.6 Å². The first-order valence-corrected chi connectivity index (χ1v) is 5.57. The van der Waals surface area contributed by atoms with E-state index in [9.17, 15) is 0 Å². The lowest BCUT2D eigenvalue weighted by molar-refractivity contribution is 0.254. The SMILES string of the molecule is COCCl.c1ccc(-c2ccccc2)cc1. The number of ether oxygens (including phenoxy) is 1. The van der Waals surface area contributed by atoms with E-state index in [1.54, 1.807) is 7.11 Å². The predicted octanol–water partition coefficient (Wildman–Crippen LogP) is 4.18. The average Bonchev–Trinajstić information content (AvgIpc) is 2.41. The van der Waals surface area contributed by atoms with Crippen molar-refractivity contribution in [2.75, 3.05) is 13.2 Å². The van der Waals surface area contributed by atoms with E-state index >= 15 is 0 Å². The Morgan fingerprint density at radius 2 is 1.12 bits per heavy atom. The van der Waals surface area contributed by atoms with Gasteiger partial charge in [-0.2, -0.15) is 0 Å². The number of rotatable bonds is 2. The highest BCUT2D eigenvalue weighted by molar-refractivity contribution is 6.17. The molecule has 0 bridgehead atoms. The van der Waals surface area contributed by atoms with Crippen LogP contribution in [0.2, 0.25) is 0 Å². The van der Waals surface area contributed by atoms with Crippen LogP contribution in [0.25, 0.3) is 11.1 Å². The second-order valence-electron chi connectivity index (χ2n) is 3.13. The van der Waals surface area contributed by atoms with Crippen LogP contribution in [0.3, 0.4) is 0 Å². The molecular weight excluding hydrogens is 220 g/mol. The van der Waals surface area contributed by atoms with E-state index in [0.29, 0.717) is 6.07 Å². The molecule has 0 atom stereocenters. The first kappa shape index (κ1) is 12.8. The minimum Gasteiger partial charge on any atom is -0.369 e. The summed E-state index contributed by atoms with van der Waals surface area (Å²) in [6, 6.07) is 21.1. The van der Waals surface area contributed by atoms with E-state index < -0.39 is 0 Å². The van der Waals surface area contributed by atoms with Gasteiger partial charge in [-0.15, -0.1) is 0 Å². The van der Waals surface area contributed by atoms with Crippen molar-refractivity contribution in [2.45, 2.75) is 0 Å². The van der Waals surface area contributed by atoms with Gasteiger partial charge in [0.25, 0.3) is 0 Å². The molecule has 0 amide bonds. The van der Waals surface area contributed by atoms with Crippen LogP contribution in [-0.2, 0) is 4.74 Å². The van der Waals surface area contributed by atoms with Crippen LogP contribution in [0.15, 0.2) is 60.7 Å². The third-order valence-corrected chi connectivity index (χ3v) is 2.21. The van der Waals surface area contributed by atoms with Crippen LogP contribution in [0, 0.1) is 0 Å². The predicted molar refractivity (Wildman–Crippen MR) is 69.6 cm³/mol. The highest BCUT2D eigenvalue weighted by Gasteiger charge is 1.91. The van der Waals surface area contributed by atoms with Gasteiger partial charge in [0.05, 0.1) is 0 Å². The molecule has 0 aliphatic heterocycles. The summed E-state index contributed by atoms with van der Waals surface area (Å²) in [4.78, 5) is 0. The maximum absolute atomic E-state index is 4.96. The number of halogens is 1. The van der Waals surface area contributed by atoms with Crippen molar-refractivity contribution < 1.29 is 4.74 Å². The highest BCUT2D eigenvalue weighted by atomic mass is 35.5. The van der Waals surface area contributed by atoms with Gasteiger partial charge in [0, 0.05) is 7.11 Å². The van der Waals surface area contributed by atoms with Crippen LogP contribution in [0.1, 0.15) is 0 Å². The van der Waals surface area contributed by atoms with Crippen LogP contribution < -0.4 is 0 Å². The molecule has 1 nitrogen and oxygen atoms in total. The van der Waals surface area contributed by atoms with Crippen LogP contribution >= 0.6 is 11.6 Å². The molecule has 0 aromatic heterocycles. The maximum Gasteiger partial charge on any atom is 0.120 e. The Labute approximate surface area is 102 Å². The Kier molecular flexibility index (Phi) is 6.31. The average molecular weight is 235 g/mol. The summed E-state index contributed by atoms with van der Waals surface area (Å²) in [5.74, 6) is 0. The minimum atomic E-state index is 0.292. The summed E-state index contributed by atoms with van der Waals surface area (Å²) in [6.07, 6.45) is 0. The fraction of sp³-hybridized carbons (Fsp3) is 0.143. The summed E-state index contributed by atoms with van der Waals surface area (Å²) in [5, 5.41) is 0. The third kappa shape index (κ3) is 4.47. The summed E-state index contributed by atoms with van der Waals surface area (Å²) < 4.78 is 4.31. The van der Waals surface area contributed by atoms with Crippen LogP contribution in [-0.4, -0.2) is 13.2 Å². The minimum absolute atomic E-state index is 0.292. The van der Waals surface area contributed by atoms with E-state index in [2.05, 4.69) is 53.3 Å². The van der Waals surface area contributed by atoms with E-state index in [1.807, 2.05) is 12.1 Å². The molecule has 2 aromatic carbocycles. The molecule has 84 valence electrons. The topological polar surface area (TPSA) is 9.23 Å². The quantitative estimate of drug-likeness (QED) is 0.709. The molecule has 0 aliphatic carbocycles. The molecule has 0 spiro atoms. The lowest BCUT2D eigenvalue weighted by Gasteiger charge is -1.98. The maximum atomic E-state index is 4.96. The van der Waals surface area contributed by atoms with E-state index in [0.717, 1.165) is 0 Å². The molecule has 0 saturated carbocycles. The Morgan fingerprint density at radius 3 is 1.38 bits per heavy atom. The molecule has 0 N–H and O–H groups in total. The van der Waals surface area contributed by atoms with Crippen LogP contribution in [0.4, 0.5) is 0 Å². The lowest BCUT2D eigenvalue weighted by Crippen LogP contribution is -1.73. The van der Waals surface area contributed by atoms with Crippen molar-refractivity contribution in [3.05, 3.63) is 60.7 Å². The fourth-order valence-electron chi connectivity index (χ4n) is 1.26. The molecule has 0 heterocycles. The van der Waals surface area contributed by atoms with Crippen molar-refractivity contribution in [1.29, 1.82) is 0 Å². The van der Waals surface area contributed by atoms with E-state index in [4.69, 9.17) is 11.6 Å². The van der Waals surface area contributed by atoms with E-state index in [1.165, 1.54) is 11.1 Å². The summed E-state index contributed by atoms with van der Waals surface area (Å²) >= 11 is 4.96. The Hall–Kier alpha value is -1.31. The standard InChI is InChI=1S/C12H10.C2H5ClO/c1-3-7-11(8-4-1)12-9-5-2-6-10-12;1-4-2-3/h1-10H;2H2,1H3. The van der Waals surface area contributed by atoms with Gasteiger partial charge in [0.2, 0.25) is 0 Å². The van der Waals surface area contributed by atoms with E-state index in [-0.39, 0.29) is 0 Å².